The normalized spacial score (nSPS) is 8.92. The van der Waals surface area contributed by atoms with Gasteiger partial charge >= 0.3 is 0 Å². The number of carbonyl (C=O) groups excluding carboxylic acids is 1. The lowest BCUT2D eigenvalue weighted by Gasteiger charge is -2.01. The molecule has 0 saturated heterocycles. The van der Waals surface area contributed by atoms with Gasteiger partial charge in [-0.2, -0.15) is 0 Å². The minimum Gasteiger partial charge on any atom is -0.378 e. The van der Waals surface area contributed by atoms with E-state index in [1.54, 1.807) is 0 Å². The van der Waals surface area contributed by atoms with Crippen LogP contribution in [0.4, 0.5) is 0 Å². The molecule has 0 spiro atoms. The smallest absolute Gasteiger partial charge is 0.155 e. The molecule has 0 amide bonds. The second-order valence-corrected chi connectivity index (χ2v) is 2.16. The molecule has 0 fully saturated rings. The molecule has 0 rings (SSSR count). The van der Waals surface area contributed by atoms with Crippen molar-refractivity contribution in [1.82, 2.24) is 0 Å². The number of carbonyl (C=O) groups is 1. The molecule has 0 aromatic rings. The zero-order valence-corrected chi connectivity index (χ0v) is 8.84. The van der Waals surface area contributed by atoms with Gasteiger partial charge in [0.15, 0.2) is 5.78 Å². The summed E-state index contributed by atoms with van der Waals surface area (Å²) in [5, 5.41) is 0. The summed E-state index contributed by atoms with van der Waals surface area (Å²) < 4.78 is 9.93. The Bertz CT molecular complexity index is 107. The maximum absolute atomic E-state index is 10.3. The van der Waals surface area contributed by atoms with Gasteiger partial charge in [0.2, 0.25) is 0 Å². The van der Waals surface area contributed by atoms with Gasteiger partial charge in [-0.25, -0.2) is 0 Å². The molecule has 0 bridgehead atoms. The maximum Gasteiger partial charge on any atom is 0.155 e. The second-order valence-electron chi connectivity index (χ2n) is 2.16. The van der Waals surface area contributed by atoms with Crippen LogP contribution in [-0.2, 0) is 14.3 Å². The summed E-state index contributed by atoms with van der Waals surface area (Å²) >= 11 is 0. The molecule has 0 atom stereocenters. The molecule has 4 heteroatoms. The quantitative estimate of drug-likeness (QED) is 0.598. The van der Waals surface area contributed by atoms with E-state index in [9.17, 15) is 4.79 Å². The number of Topliss-reactive ketones (excluding diaryl/α,β-unsaturated/α-hetero) is 1. The Hall–Kier alpha value is -0.450. The standard InChI is InChI=1S/C7H15NO3.C2H6/c1-7(9)6-11-5-4-10-3-2-8;1-2/h2-6,8H2,1H3;1-2H3. The van der Waals surface area contributed by atoms with Gasteiger partial charge in [0.05, 0.1) is 19.8 Å². The van der Waals surface area contributed by atoms with Crippen LogP contribution in [0.3, 0.4) is 0 Å². The average Bonchev–Trinajstić information content (AvgIpc) is 2.14. The lowest BCUT2D eigenvalue weighted by molar-refractivity contribution is -0.121. The molecule has 0 radical (unpaired) electrons. The van der Waals surface area contributed by atoms with E-state index >= 15 is 0 Å². The Morgan fingerprint density at radius 3 is 2.15 bits per heavy atom. The van der Waals surface area contributed by atoms with Gasteiger partial charge in [-0.05, 0) is 6.92 Å². The highest BCUT2D eigenvalue weighted by atomic mass is 16.5. The first-order valence-corrected chi connectivity index (χ1v) is 4.62. The first-order chi connectivity index (χ1) is 6.27. The Morgan fingerprint density at radius 1 is 1.15 bits per heavy atom. The van der Waals surface area contributed by atoms with Crippen molar-refractivity contribution in [2.75, 3.05) is 33.0 Å². The fourth-order valence-electron chi connectivity index (χ4n) is 0.519. The third kappa shape index (κ3) is 18.5. The van der Waals surface area contributed by atoms with Gasteiger partial charge in [-0.1, -0.05) is 13.8 Å². The van der Waals surface area contributed by atoms with Crippen molar-refractivity contribution in [1.29, 1.82) is 0 Å². The SMILES string of the molecule is CC.CC(=O)COCCOCCN. The number of ether oxygens (including phenoxy) is 2. The lowest BCUT2D eigenvalue weighted by Crippen LogP contribution is -2.13. The van der Waals surface area contributed by atoms with Crippen LogP contribution in [0.25, 0.3) is 0 Å². The second kappa shape index (κ2) is 14.1. The molecule has 13 heavy (non-hydrogen) atoms. The summed E-state index contributed by atoms with van der Waals surface area (Å²) in [6, 6.07) is 0. The molecular weight excluding hydrogens is 170 g/mol. The zero-order chi connectivity index (χ0) is 10.5. The summed E-state index contributed by atoms with van der Waals surface area (Å²) in [6.07, 6.45) is 0. The van der Waals surface area contributed by atoms with E-state index in [2.05, 4.69) is 0 Å². The Balaban J connectivity index is 0. The van der Waals surface area contributed by atoms with Gasteiger partial charge in [0.1, 0.15) is 6.61 Å². The number of hydrogen-bond donors (Lipinski definition) is 1. The van der Waals surface area contributed by atoms with E-state index in [1.165, 1.54) is 6.92 Å². The number of rotatable bonds is 7. The number of ketones is 1. The third-order valence-corrected chi connectivity index (χ3v) is 0.940. The van der Waals surface area contributed by atoms with Crippen LogP contribution in [0, 0.1) is 0 Å². The molecular formula is C9H21NO3. The molecule has 0 aliphatic heterocycles. The molecule has 0 aromatic heterocycles. The van der Waals surface area contributed by atoms with Crippen LogP contribution in [0.5, 0.6) is 0 Å². The van der Waals surface area contributed by atoms with E-state index < -0.39 is 0 Å². The molecule has 0 aliphatic rings. The van der Waals surface area contributed by atoms with Gasteiger partial charge in [-0.15, -0.1) is 0 Å². The van der Waals surface area contributed by atoms with Crippen molar-refractivity contribution in [3.63, 3.8) is 0 Å². The monoisotopic (exact) mass is 191 g/mol. The van der Waals surface area contributed by atoms with Gasteiger partial charge in [0.25, 0.3) is 0 Å². The summed E-state index contributed by atoms with van der Waals surface area (Å²) in [6.45, 7) is 7.69. The minimum absolute atomic E-state index is 0.0313. The summed E-state index contributed by atoms with van der Waals surface area (Å²) in [5.74, 6) is 0.0313. The minimum atomic E-state index is 0.0313. The first-order valence-electron chi connectivity index (χ1n) is 4.62. The van der Waals surface area contributed by atoms with Gasteiger partial charge < -0.3 is 15.2 Å². The van der Waals surface area contributed by atoms with Crippen molar-refractivity contribution in [3.05, 3.63) is 0 Å². The molecule has 0 aliphatic carbocycles. The predicted octanol–water partition coefficient (Wildman–Crippen LogP) is 0.594. The fourth-order valence-corrected chi connectivity index (χ4v) is 0.519. The highest BCUT2D eigenvalue weighted by Crippen LogP contribution is 1.78. The fraction of sp³-hybridized carbons (Fsp3) is 0.889. The van der Waals surface area contributed by atoms with E-state index in [0.717, 1.165) is 0 Å². The van der Waals surface area contributed by atoms with Gasteiger partial charge in [-0.3, -0.25) is 4.79 Å². The summed E-state index contributed by atoms with van der Waals surface area (Å²) in [5.41, 5.74) is 5.17. The number of nitrogens with two attached hydrogens (primary N) is 1. The Kier molecular flexibility index (Phi) is 16.3. The average molecular weight is 191 g/mol. The third-order valence-electron chi connectivity index (χ3n) is 0.940. The van der Waals surface area contributed by atoms with Crippen LogP contribution in [0.2, 0.25) is 0 Å². The zero-order valence-electron chi connectivity index (χ0n) is 8.84. The maximum atomic E-state index is 10.3. The predicted molar refractivity (Wildman–Crippen MR) is 52.7 cm³/mol. The lowest BCUT2D eigenvalue weighted by atomic mass is 10.5. The molecule has 0 aromatic carbocycles. The van der Waals surface area contributed by atoms with Crippen LogP contribution in [-0.4, -0.2) is 38.8 Å². The van der Waals surface area contributed by atoms with Crippen LogP contribution >= 0.6 is 0 Å². The van der Waals surface area contributed by atoms with E-state index in [1.807, 2.05) is 13.8 Å². The van der Waals surface area contributed by atoms with Crippen LogP contribution in [0.1, 0.15) is 20.8 Å². The van der Waals surface area contributed by atoms with E-state index in [4.69, 9.17) is 15.2 Å². The molecule has 2 N–H and O–H groups in total. The van der Waals surface area contributed by atoms with Crippen molar-refractivity contribution in [3.8, 4) is 0 Å². The van der Waals surface area contributed by atoms with Crippen LogP contribution in [0.15, 0.2) is 0 Å². The Morgan fingerprint density at radius 2 is 1.69 bits per heavy atom. The molecule has 0 heterocycles. The molecule has 0 unspecified atom stereocenters. The largest absolute Gasteiger partial charge is 0.378 e. The molecule has 0 saturated carbocycles. The highest BCUT2D eigenvalue weighted by Gasteiger charge is 1.92. The molecule has 80 valence electrons. The first kappa shape index (κ1) is 15.0. The summed E-state index contributed by atoms with van der Waals surface area (Å²) in [4.78, 5) is 10.3. The number of hydrogen-bond acceptors (Lipinski definition) is 4. The van der Waals surface area contributed by atoms with Crippen LogP contribution < -0.4 is 5.73 Å². The van der Waals surface area contributed by atoms with E-state index in [0.29, 0.717) is 26.4 Å². The van der Waals surface area contributed by atoms with Gasteiger partial charge in [0, 0.05) is 6.54 Å². The molecule has 4 nitrogen and oxygen atoms in total. The van der Waals surface area contributed by atoms with Crippen molar-refractivity contribution >= 4 is 5.78 Å². The van der Waals surface area contributed by atoms with Crippen molar-refractivity contribution in [2.45, 2.75) is 20.8 Å². The highest BCUT2D eigenvalue weighted by molar-refractivity contribution is 5.76. The topological polar surface area (TPSA) is 61.5 Å². The summed E-state index contributed by atoms with van der Waals surface area (Å²) in [7, 11) is 0. The van der Waals surface area contributed by atoms with Crippen molar-refractivity contribution in [2.24, 2.45) is 5.73 Å². The Labute approximate surface area is 80.4 Å². The van der Waals surface area contributed by atoms with E-state index in [-0.39, 0.29) is 12.4 Å². The van der Waals surface area contributed by atoms with Crippen molar-refractivity contribution < 1.29 is 14.3 Å².